The summed E-state index contributed by atoms with van der Waals surface area (Å²) in [5, 5.41) is 0. The summed E-state index contributed by atoms with van der Waals surface area (Å²) in [6, 6.07) is -0.961. The van der Waals surface area contributed by atoms with Crippen LogP contribution in [0.25, 0.3) is 0 Å². The summed E-state index contributed by atoms with van der Waals surface area (Å²) in [6.07, 6.45) is -1.31. The van der Waals surface area contributed by atoms with Gasteiger partial charge < -0.3 is 9.47 Å². The molecule has 1 atom stereocenters. The van der Waals surface area contributed by atoms with Crippen LogP contribution in [0.2, 0.25) is 0 Å². The van der Waals surface area contributed by atoms with Crippen molar-refractivity contribution in [2.45, 2.75) is 86.0 Å². The van der Waals surface area contributed by atoms with Gasteiger partial charge in [0.15, 0.2) is 6.04 Å². The molecule has 0 aliphatic carbocycles. The van der Waals surface area contributed by atoms with Crippen LogP contribution in [0, 0.1) is 5.92 Å². The molecule has 0 saturated carbocycles. The van der Waals surface area contributed by atoms with Gasteiger partial charge in [-0.2, -0.15) is 9.59 Å². The predicted octanol–water partition coefficient (Wildman–Crippen LogP) is 4.86. The number of carbonyl (C=O) groups is 3. The van der Waals surface area contributed by atoms with Crippen LogP contribution in [0.15, 0.2) is 12.2 Å². The molecule has 0 heterocycles. The first-order valence-corrected chi connectivity index (χ1v) is 8.94. The lowest BCUT2D eigenvalue weighted by atomic mass is 9.94. The Hall–Kier alpha value is -1.69. The van der Waals surface area contributed by atoms with Gasteiger partial charge in [0.25, 0.3) is 0 Å². The van der Waals surface area contributed by atoms with Crippen LogP contribution in [0.5, 0.6) is 0 Å². The van der Waals surface area contributed by atoms with Crippen molar-refractivity contribution in [1.29, 1.82) is 0 Å². The molecule has 1 unspecified atom stereocenters. The van der Waals surface area contributed by atoms with Gasteiger partial charge in [0.05, 0.1) is 7.05 Å². The maximum Gasteiger partial charge on any atom is 0.527 e. The minimum absolute atomic E-state index is 0.0747. The van der Waals surface area contributed by atoms with E-state index in [1.165, 1.54) is 7.05 Å². The molecule has 150 valence electrons. The Kier molecular flexibility index (Phi) is 7.79. The van der Waals surface area contributed by atoms with Crippen LogP contribution < -0.4 is 0 Å². The predicted molar refractivity (Wildman–Crippen MR) is 102 cm³/mol. The highest BCUT2D eigenvalue weighted by Crippen LogP contribution is 2.28. The normalized spacial score (nSPS) is 14.0. The number of amides is 2. The van der Waals surface area contributed by atoms with Gasteiger partial charge in [-0.3, -0.25) is 4.79 Å². The van der Waals surface area contributed by atoms with E-state index in [2.05, 4.69) is 6.58 Å². The Labute approximate surface area is 158 Å². The average Bonchev–Trinajstić information content (AvgIpc) is 2.38. The number of ketones is 1. The molecule has 0 fully saturated rings. The second-order valence-corrected chi connectivity index (χ2v) is 9.33. The number of nitrogens with zero attached hydrogens (tertiary/aromatic N) is 1. The van der Waals surface area contributed by atoms with Gasteiger partial charge in [0.2, 0.25) is 5.78 Å². The van der Waals surface area contributed by atoms with E-state index >= 15 is 0 Å². The fraction of sp³-hybridized carbons (Fsp3) is 0.750. The third-order valence-corrected chi connectivity index (χ3v) is 3.59. The Morgan fingerprint density at radius 2 is 1.27 bits per heavy atom. The van der Waals surface area contributed by atoms with Crippen LogP contribution in [-0.2, 0) is 14.3 Å². The van der Waals surface area contributed by atoms with Crippen molar-refractivity contribution in [3.8, 4) is 0 Å². The number of Topliss-reactive ketones (excluding diaryl/α,β-unsaturated/α-hetero) is 1. The van der Waals surface area contributed by atoms with Gasteiger partial charge >= 0.3 is 12.2 Å². The lowest BCUT2D eigenvalue weighted by Crippen LogP contribution is -2.65. The molecule has 0 aliphatic rings. The minimum atomic E-state index is -0.961. The van der Waals surface area contributed by atoms with Gasteiger partial charge in [0, 0.05) is 6.42 Å². The number of ether oxygens (including phenoxy) is 2. The van der Waals surface area contributed by atoms with Gasteiger partial charge in [-0.05, 0) is 60.0 Å². The molecule has 0 rings (SSSR count). The summed E-state index contributed by atoms with van der Waals surface area (Å²) in [5.74, 6) is -0.274. The Balaban J connectivity index is 6.30. The molecule has 0 spiro atoms. The topological polar surface area (TPSA) is 69.7 Å². The molecule has 0 aromatic carbocycles. The smallest absolute Gasteiger partial charge is 0.414 e. The molecule has 0 aromatic rings. The fourth-order valence-corrected chi connectivity index (χ4v) is 2.33. The van der Waals surface area contributed by atoms with Crippen molar-refractivity contribution in [3.05, 3.63) is 12.2 Å². The first-order chi connectivity index (χ1) is 11.4. The highest BCUT2D eigenvalue weighted by molar-refractivity contribution is 5.99. The lowest BCUT2D eigenvalue weighted by molar-refractivity contribution is -0.784. The largest absolute Gasteiger partial charge is 0.527 e. The lowest BCUT2D eigenvalue weighted by Gasteiger charge is -2.37. The third-order valence-electron chi connectivity index (χ3n) is 3.59. The zero-order valence-electron chi connectivity index (χ0n) is 18.1. The molecule has 2 amide bonds. The number of imide groups is 1. The first kappa shape index (κ1) is 24.3. The fourth-order valence-electron chi connectivity index (χ4n) is 2.33. The Morgan fingerprint density at radius 3 is 1.50 bits per heavy atom. The van der Waals surface area contributed by atoms with Gasteiger partial charge in [0.1, 0.15) is 11.2 Å². The van der Waals surface area contributed by atoms with E-state index in [4.69, 9.17) is 9.47 Å². The van der Waals surface area contributed by atoms with Gasteiger partial charge in [-0.15, -0.1) is 4.48 Å². The van der Waals surface area contributed by atoms with E-state index in [-0.39, 0.29) is 17.3 Å². The summed E-state index contributed by atoms with van der Waals surface area (Å²) < 4.78 is 10.1. The standard InChI is InChI=1S/C20H36NO5/c1-13(2)12-15(16(22)14(3)4)21(11,17(23)25-19(5,6)7)18(24)26-20(8,9)10/h13,15H,3,12H2,1-2,4-11H3/q+1. The van der Waals surface area contributed by atoms with Crippen LogP contribution in [-0.4, -0.2) is 46.7 Å². The second-order valence-electron chi connectivity index (χ2n) is 9.33. The highest BCUT2D eigenvalue weighted by Gasteiger charge is 2.56. The molecule has 6 heteroatoms. The van der Waals surface area contributed by atoms with E-state index in [1.54, 1.807) is 48.5 Å². The van der Waals surface area contributed by atoms with Crippen LogP contribution >= 0.6 is 0 Å². The van der Waals surface area contributed by atoms with Crippen molar-refractivity contribution in [3.63, 3.8) is 0 Å². The summed E-state index contributed by atoms with van der Waals surface area (Å²) in [6.45, 7) is 19.4. The minimum Gasteiger partial charge on any atom is -0.414 e. The van der Waals surface area contributed by atoms with E-state index in [1.807, 2.05) is 13.8 Å². The molecule has 26 heavy (non-hydrogen) atoms. The van der Waals surface area contributed by atoms with Crippen molar-refractivity contribution in [2.75, 3.05) is 7.05 Å². The molecular weight excluding hydrogens is 334 g/mol. The van der Waals surface area contributed by atoms with E-state index < -0.39 is 33.9 Å². The SMILES string of the molecule is C=C(C)C(=O)C(CC(C)C)[N+](C)(C(=O)OC(C)(C)C)C(=O)OC(C)(C)C. The van der Waals surface area contributed by atoms with E-state index in [9.17, 15) is 14.4 Å². The molecule has 0 saturated heterocycles. The summed E-state index contributed by atoms with van der Waals surface area (Å²) in [4.78, 5) is 38.9. The number of likely N-dealkylation sites (N-methyl/N-ethyl adjacent to an activating group) is 1. The first-order valence-electron chi connectivity index (χ1n) is 8.94. The van der Waals surface area contributed by atoms with Crippen LogP contribution in [0.1, 0.15) is 68.7 Å². The van der Waals surface area contributed by atoms with Crippen molar-refractivity contribution >= 4 is 18.0 Å². The number of rotatable bonds is 5. The van der Waals surface area contributed by atoms with Gasteiger partial charge in [-0.1, -0.05) is 20.4 Å². The number of quaternary nitrogens is 1. The van der Waals surface area contributed by atoms with Crippen molar-refractivity contribution < 1.29 is 28.3 Å². The highest BCUT2D eigenvalue weighted by atomic mass is 16.6. The Bertz CT molecular complexity index is 536. The summed E-state index contributed by atoms with van der Waals surface area (Å²) >= 11 is 0. The van der Waals surface area contributed by atoms with E-state index in [0.717, 1.165) is 0 Å². The quantitative estimate of drug-likeness (QED) is 0.510. The molecule has 6 nitrogen and oxygen atoms in total. The zero-order valence-corrected chi connectivity index (χ0v) is 18.1. The summed E-state index contributed by atoms with van der Waals surface area (Å²) in [5.41, 5.74) is -1.34. The molecule has 0 bridgehead atoms. The number of hydrogen-bond acceptors (Lipinski definition) is 5. The van der Waals surface area contributed by atoms with E-state index in [0.29, 0.717) is 6.42 Å². The second kappa shape index (κ2) is 8.33. The molecule has 0 N–H and O–H groups in total. The number of carbonyl (C=O) groups excluding carboxylic acids is 3. The third kappa shape index (κ3) is 6.90. The monoisotopic (exact) mass is 370 g/mol. The maximum absolute atomic E-state index is 13.0. The molecule has 0 aromatic heterocycles. The van der Waals surface area contributed by atoms with Crippen molar-refractivity contribution in [2.24, 2.45) is 5.92 Å². The molecular formula is C20H36NO5+. The zero-order chi connectivity index (χ0) is 21.1. The van der Waals surface area contributed by atoms with Gasteiger partial charge in [-0.25, -0.2) is 0 Å². The average molecular weight is 371 g/mol. The maximum atomic E-state index is 13.0. The van der Waals surface area contributed by atoms with Crippen LogP contribution in [0.3, 0.4) is 0 Å². The molecule has 0 radical (unpaired) electrons. The van der Waals surface area contributed by atoms with Crippen LogP contribution in [0.4, 0.5) is 9.59 Å². The molecule has 0 aliphatic heterocycles. The van der Waals surface area contributed by atoms with Crippen molar-refractivity contribution in [1.82, 2.24) is 0 Å². The summed E-state index contributed by atoms with van der Waals surface area (Å²) in [7, 11) is 1.38. The number of hydrogen-bond donors (Lipinski definition) is 0. The Morgan fingerprint density at radius 1 is 0.923 bits per heavy atom.